The highest BCUT2D eigenvalue weighted by Crippen LogP contribution is 2.44. The summed E-state index contributed by atoms with van der Waals surface area (Å²) in [6, 6.07) is 58.6. The number of rotatable bonds is 3. The van der Waals surface area contributed by atoms with Gasteiger partial charge in [-0.25, -0.2) is 4.85 Å². The van der Waals surface area contributed by atoms with Crippen molar-refractivity contribution in [2.45, 2.75) is 0 Å². The Labute approximate surface area is 276 Å². The molecule has 2 heterocycles. The highest BCUT2D eigenvalue weighted by Gasteiger charge is 2.20. The molecule has 10 rings (SSSR count). The van der Waals surface area contributed by atoms with E-state index in [0.29, 0.717) is 5.69 Å². The molecule has 2 aromatic heterocycles. The van der Waals surface area contributed by atoms with Crippen LogP contribution in [0.1, 0.15) is 0 Å². The lowest BCUT2D eigenvalue weighted by atomic mass is 9.95. The molecule has 0 atom stereocenters. The third kappa shape index (κ3) is 3.75. The van der Waals surface area contributed by atoms with Gasteiger partial charge in [0.05, 0.1) is 28.6 Å². The number of hydrogen-bond acceptors (Lipinski definition) is 0. The first-order chi connectivity index (χ1) is 23.8. The van der Waals surface area contributed by atoms with E-state index in [9.17, 15) is 0 Å². The lowest BCUT2D eigenvalue weighted by Crippen LogP contribution is -1.94. The number of benzene rings is 8. The molecule has 48 heavy (non-hydrogen) atoms. The number of aromatic nitrogens is 2. The van der Waals surface area contributed by atoms with Crippen LogP contribution in [0.15, 0.2) is 164 Å². The lowest BCUT2D eigenvalue weighted by molar-refractivity contribution is 1.18. The Morgan fingerprint density at radius 3 is 1.50 bits per heavy atom. The zero-order valence-electron chi connectivity index (χ0n) is 25.9. The standard InChI is InChI=1S/C45H27N3/c1-46-31-25-23-29-21-22-30-24-26-33(28-39(30)38(29)27-31)48-41-18-8-6-14-37(41)45-35(16-10-20-43(45)48)34-15-9-19-42-44(34)36-13-5-7-17-40(36)47(42)32-11-3-2-4-12-32/h2-28H. The van der Waals surface area contributed by atoms with Crippen molar-refractivity contribution in [1.82, 2.24) is 9.13 Å². The minimum atomic E-state index is 0.657. The lowest BCUT2D eigenvalue weighted by Gasteiger charge is -2.12. The predicted molar refractivity (Wildman–Crippen MR) is 202 cm³/mol. The van der Waals surface area contributed by atoms with Crippen LogP contribution >= 0.6 is 0 Å². The van der Waals surface area contributed by atoms with Crippen molar-refractivity contribution in [3.05, 3.63) is 175 Å². The van der Waals surface area contributed by atoms with Crippen molar-refractivity contribution in [2.24, 2.45) is 0 Å². The van der Waals surface area contributed by atoms with E-state index in [-0.39, 0.29) is 0 Å². The minimum Gasteiger partial charge on any atom is -0.309 e. The maximum atomic E-state index is 7.61. The molecule has 0 unspecified atom stereocenters. The Morgan fingerprint density at radius 2 is 0.875 bits per heavy atom. The minimum absolute atomic E-state index is 0.657. The summed E-state index contributed by atoms with van der Waals surface area (Å²) in [6.07, 6.45) is 0. The Morgan fingerprint density at radius 1 is 0.375 bits per heavy atom. The molecule has 0 N–H and O–H groups in total. The van der Waals surface area contributed by atoms with Crippen LogP contribution in [0.3, 0.4) is 0 Å². The van der Waals surface area contributed by atoms with Crippen LogP contribution in [0.2, 0.25) is 0 Å². The number of para-hydroxylation sites is 3. The van der Waals surface area contributed by atoms with Gasteiger partial charge in [0, 0.05) is 32.9 Å². The molecule has 0 spiro atoms. The first-order valence-electron chi connectivity index (χ1n) is 16.2. The second-order valence-electron chi connectivity index (χ2n) is 12.4. The molecule has 0 fully saturated rings. The Kier molecular flexibility index (Phi) is 5.64. The van der Waals surface area contributed by atoms with Crippen LogP contribution in [0, 0.1) is 6.57 Å². The van der Waals surface area contributed by atoms with Gasteiger partial charge in [-0.15, -0.1) is 0 Å². The summed E-state index contributed by atoms with van der Waals surface area (Å²) in [5, 5.41) is 9.52. The Bertz CT molecular complexity index is 2950. The average molecular weight is 610 g/mol. The van der Waals surface area contributed by atoms with Crippen LogP contribution in [0.25, 0.3) is 92.5 Å². The zero-order valence-corrected chi connectivity index (χ0v) is 25.9. The van der Waals surface area contributed by atoms with E-state index in [1.165, 1.54) is 54.7 Å². The normalized spacial score (nSPS) is 11.7. The first kappa shape index (κ1) is 26.6. The molecule has 0 aliphatic heterocycles. The van der Waals surface area contributed by atoms with Gasteiger partial charge in [0.15, 0.2) is 5.69 Å². The summed E-state index contributed by atoms with van der Waals surface area (Å²) in [5.74, 6) is 0. The van der Waals surface area contributed by atoms with Crippen molar-refractivity contribution >= 4 is 70.8 Å². The predicted octanol–water partition coefficient (Wildman–Crippen LogP) is 12.4. The third-order valence-corrected chi connectivity index (χ3v) is 9.89. The fourth-order valence-corrected chi connectivity index (χ4v) is 7.85. The van der Waals surface area contributed by atoms with Crippen LogP contribution in [-0.4, -0.2) is 9.13 Å². The maximum Gasteiger partial charge on any atom is 0.187 e. The van der Waals surface area contributed by atoms with Crippen LogP contribution < -0.4 is 0 Å². The summed E-state index contributed by atoms with van der Waals surface area (Å²) in [4.78, 5) is 3.72. The molecule has 0 amide bonds. The van der Waals surface area contributed by atoms with Gasteiger partial charge in [0.2, 0.25) is 0 Å². The molecule has 0 aliphatic rings. The topological polar surface area (TPSA) is 14.2 Å². The molecule has 0 aliphatic carbocycles. The van der Waals surface area contributed by atoms with E-state index in [1.54, 1.807) is 0 Å². The first-order valence-corrected chi connectivity index (χ1v) is 16.2. The number of fused-ring (bicyclic) bond motifs is 9. The summed E-state index contributed by atoms with van der Waals surface area (Å²) < 4.78 is 4.79. The highest BCUT2D eigenvalue weighted by molar-refractivity contribution is 6.22. The molecule has 0 radical (unpaired) electrons. The van der Waals surface area contributed by atoms with Gasteiger partial charge in [-0.2, -0.15) is 0 Å². The van der Waals surface area contributed by atoms with Crippen molar-refractivity contribution < 1.29 is 0 Å². The van der Waals surface area contributed by atoms with Gasteiger partial charge in [-0.05, 0) is 87.3 Å². The van der Waals surface area contributed by atoms with Gasteiger partial charge >= 0.3 is 0 Å². The van der Waals surface area contributed by atoms with E-state index < -0.39 is 0 Å². The van der Waals surface area contributed by atoms with E-state index >= 15 is 0 Å². The quantitative estimate of drug-likeness (QED) is 0.140. The number of nitrogens with zero attached hydrogens (tertiary/aromatic N) is 3. The average Bonchev–Trinajstić information content (AvgIpc) is 3.68. The molecular weight excluding hydrogens is 583 g/mol. The summed E-state index contributed by atoms with van der Waals surface area (Å²) >= 11 is 0. The Hall–Kier alpha value is -6.63. The van der Waals surface area contributed by atoms with Crippen LogP contribution in [-0.2, 0) is 0 Å². The molecule has 10 aromatic rings. The Balaban J connectivity index is 1.29. The molecule has 222 valence electrons. The fourth-order valence-electron chi connectivity index (χ4n) is 7.85. The summed E-state index contributed by atoms with van der Waals surface area (Å²) in [7, 11) is 0. The molecule has 8 aromatic carbocycles. The summed E-state index contributed by atoms with van der Waals surface area (Å²) in [5.41, 5.74) is 10.1. The fraction of sp³-hybridized carbons (Fsp3) is 0. The van der Waals surface area contributed by atoms with E-state index in [2.05, 4.69) is 166 Å². The van der Waals surface area contributed by atoms with Gasteiger partial charge in [-0.1, -0.05) is 109 Å². The SMILES string of the molecule is [C-]#[N+]c1ccc2ccc3ccc(-n4c5ccccc5c5c(-c6cccc7c6c6ccccc6n7-c6ccccc6)cccc54)cc3c2c1. The van der Waals surface area contributed by atoms with Gasteiger partial charge in [-0.3, -0.25) is 0 Å². The molecule has 3 nitrogen and oxygen atoms in total. The number of hydrogen-bond donors (Lipinski definition) is 0. The largest absolute Gasteiger partial charge is 0.309 e. The van der Waals surface area contributed by atoms with Crippen LogP contribution in [0.4, 0.5) is 5.69 Å². The van der Waals surface area contributed by atoms with Gasteiger partial charge < -0.3 is 9.13 Å². The zero-order chi connectivity index (χ0) is 31.8. The maximum absolute atomic E-state index is 7.61. The molecular formula is C45H27N3. The van der Waals surface area contributed by atoms with E-state index in [1.807, 2.05) is 12.1 Å². The second kappa shape index (κ2) is 10.2. The molecule has 3 heteroatoms. The second-order valence-corrected chi connectivity index (χ2v) is 12.4. The smallest absolute Gasteiger partial charge is 0.187 e. The van der Waals surface area contributed by atoms with Crippen molar-refractivity contribution in [3.63, 3.8) is 0 Å². The third-order valence-electron chi connectivity index (χ3n) is 9.89. The van der Waals surface area contributed by atoms with Crippen molar-refractivity contribution in [2.75, 3.05) is 0 Å². The molecule has 0 saturated heterocycles. The van der Waals surface area contributed by atoms with Crippen molar-refractivity contribution in [1.29, 1.82) is 0 Å². The summed E-state index contributed by atoms with van der Waals surface area (Å²) in [6.45, 7) is 7.61. The van der Waals surface area contributed by atoms with Crippen LogP contribution in [0.5, 0.6) is 0 Å². The van der Waals surface area contributed by atoms with Crippen molar-refractivity contribution in [3.8, 4) is 22.5 Å². The van der Waals surface area contributed by atoms with Gasteiger partial charge in [0.1, 0.15) is 0 Å². The van der Waals surface area contributed by atoms with E-state index in [4.69, 9.17) is 6.57 Å². The monoisotopic (exact) mass is 609 g/mol. The highest BCUT2D eigenvalue weighted by atomic mass is 15.0. The van der Waals surface area contributed by atoms with E-state index in [0.717, 1.165) is 32.9 Å². The molecule has 0 saturated carbocycles. The molecule has 0 bridgehead atoms. The van der Waals surface area contributed by atoms with Gasteiger partial charge in [0.25, 0.3) is 0 Å².